The molecule has 5 aliphatic rings. The molecule has 1 heterocycles. The minimum absolute atomic E-state index is 0.0956. The minimum atomic E-state index is -0.186. The van der Waals surface area contributed by atoms with E-state index in [9.17, 15) is 4.79 Å². The predicted molar refractivity (Wildman–Crippen MR) is 112 cm³/mol. The summed E-state index contributed by atoms with van der Waals surface area (Å²) in [6.45, 7) is 4.87. The van der Waals surface area contributed by atoms with Crippen LogP contribution in [0.15, 0.2) is 18.2 Å². The Morgan fingerprint density at radius 2 is 1.83 bits per heavy atom. The van der Waals surface area contributed by atoms with Gasteiger partial charge in [-0.15, -0.1) is 0 Å². The zero-order chi connectivity index (χ0) is 20.1. The first kappa shape index (κ1) is 18.9. The lowest BCUT2D eigenvalue weighted by atomic mass is 9.49. The second kappa shape index (κ2) is 6.97. The van der Waals surface area contributed by atoms with Gasteiger partial charge in [0.2, 0.25) is 5.91 Å². The fraction of sp³-hybridized carbons (Fsp3) is 0.640. The van der Waals surface area contributed by atoms with Gasteiger partial charge in [0.05, 0.1) is 6.54 Å². The molecule has 4 bridgehead atoms. The average molecular weight is 394 g/mol. The zero-order valence-electron chi connectivity index (χ0n) is 17.6. The number of amides is 1. The molecule has 154 valence electrons. The van der Waals surface area contributed by atoms with E-state index in [1.54, 1.807) is 0 Å². The lowest BCUT2D eigenvalue weighted by molar-refractivity contribution is -0.145. The van der Waals surface area contributed by atoms with Crippen molar-refractivity contribution in [3.05, 3.63) is 23.8 Å². The van der Waals surface area contributed by atoms with Crippen LogP contribution in [0.25, 0.3) is 0 Å². The molecule has 0 unspecified atom stereocenters. The van der Waals surface area contributed by atoms with Gasteiger partial charge in [0, 0.05) is 17.4 Å². The number of fused-ring (bicyclic) bond motifs is 1. The smallest absolute Gasteiger partial charge is 0.226 e. The Balaban J connectivity index is 1.12. The van der Waals surface area contributed by atoms with E-state index in [0.29, 0.717) is 13.2 Å². The highest BCUT2D eigenvalue weighted by atomic mass is 16.5. The molecule has 4 nitrogen and oxygen atoms in total. The molecular formula is C25H31NO3. The van der Waals surface area contributed by atoms with Crippen molar-refractivity contribution in [1.29, 1.82) is 0 Å². The predicted octanol–water partition coefficient (Wildman–Crippen LogP) is 4.11. The summed E-state index contributed by atoms with van der Waals surface area (Å²) in [7, 11) is 0. The quantitative estimate of drug-likeness (QED) is 0.783. The van der Waals surface area contributed by atoms with Crippen LogP contribution in [0, 0.1) is 35.0 Å². The minimum Gasteiger partial charge on any atom is -0.483 e. The number of hydrogen-bond acceptors (Lipinski definition) is 3. The molecule has 29 heavy (non-hydrogen) atoms. The van der Waals surface area contributed by atoms with Gasteiger partial charge in [-0.25, -0.2) is 0 Å². The van der Waals surface area contributed by atoms with Crippen molar-refractivity contribution in [2.75, 3.05) is 13.2 Å². The third kappa shape index (κ3) is 3.61. The molecule has 6 rings (SSSR count). The van der Waals surface area contributed by atoms with Crippen LogP contribution in [0.5, 0.6) is 11.5 Å². The first-order valence-corrected chi connectivity index (χ1v) is 11.1. The molecule has 4 heteroatoms. The fourth-order valence-corrected chi connectivity index (χ4v) is 6.63. The number of rotatable bonds is 4. The van der Waals surface area contributed by atoms with Crippen LogP contribution in [-0.2, 0) is 11.2 Å². The van der Waals surface area contributed by atoms with Crippen LogP contribution in [-0.4, -0.2) is 24.7 Å². The monoisotopic (exact) mass is 393 g/mol. The van der Waals surface area contributed by atoms with Crippen LogP contribution in [0.4, 0.5) is 0 Å². The van der Waals surface area contributed by atoms with Gasteiger partial charge in [-0.05, 0) is 76.2 Å². The van der Waals surface area contributed by atoms with E-state index in [0.717, 1.165) is 54.9 Å². The van der Waals surface area contributed by atoms with Crippen molar-refractivity contribution < 1.29 is 14.3 Å². The Hall–Kier alpha value is -2.15. The van der Waals surface area contributed by atoms with Gasteiger partial charge in [-0.1, -0.05) is 24.0 Å². The fourth-order valence-electron chi connectivity index (χ4n) is 6.63. The molecule has 1 aromatic rings. The maximum Gasteiger partial charge on any atom is 0.226 e. The molecule has 4 fully saturated rings. The maximum absolute atomic E-state index is 12.9. The van der Waals surface area contributed by atoms with Gasteiger partial charge >= 0.3 is 0 Å². The SMILES string of the molecule is CC1(C)Cc2cccc(OCC#CCNC(=O)C34CC5CC(CC(C5)C3)C4)c2O1. The molecule has 1 aromatic carbocycles. The molecule has 1 aliphatic heterocycles. The Labute approximate surface area is 173 Å². The number of carbonyl (C=O) groups excluding carboxylic acids is 1. The molecular weight excluding hydrogens is 362 g/mol. The number of hydrogen-bond donors (Lipinski definition) is 1. The molecule has 0 radical (unpaired) electrons. The van der Waals surface area contributed by atoms with Crippen LogP contribution >= 0.6 is 0 Å². The van der Waals surface area contributed by atoms with Crippen LogP contribution in [0.3, 0.4) is 0 Å². The first-order chi connectivity index (χ1) is 13.9. The van der Waals surface area contributed by atoms with Gasteiger partial charge in [-0.3, -0.25) is 4.79 Å². The van der Waals surface area contributed by atoms with Crippen LogP contribution < -0.4 is 14.8 Å². The van der Waals surface area contributed by atoms with E-state index in [2.05, 4.69) is 37.1 Å². The van der Waals surface area contributed by atoms with Gasteiger partial charge in [0.1, 0.15) is 12.2 Å². The summed E-state index contributed by atoms with van der Waals surface area (Å²) in [5.41, 5.74) is 0.903. The highest BCUT2D eigenvalue weighted by Gasteiger charge is 2.54. The van der Waals surface area contributed by atoms with Crippen molar-refractivity contribution in [1.82, 2.24) is 5.32 Å². The van der Waals surface area contributed by atoms with Crippen molar-refractivity contribution in [3.63, 3.8) is 0 Å². The Kier molecular flexibility index (Phi) is 4.53. The molecule has 1 N–H and O–H groups in total. The van der Waals surface area contributed by atoms with E-state index in [4.69, 9.17) is 9.47 Å². The largest absolute Gasteiger partial charge is 0.483 e. The third-order valence-corrected chi connectivity index (χ3v) is 7.34. The van der Waals surface area contributed by atoms with Crippen LogP contribution in [0.1, 0.15) is 57.9 Å². The Morgan fingerprint density at radius 1 is 1.14 bits per heavy atom. The first-order valence-electron chi connectivity index (χ1n) is 11.1. The van der Waals surface area contributed by atoms with E-state index >= 15 is 0 Å². The lowest BCUT2D eigenvalue weighted by Gasteiger charge is -2.55. The second-order valence-corrected chi connectivity index (χ2v) is 10.3. The lowest BCUT2D eigenvalue weighted by Crippen LogP contribution is -2.53. The van der Waals surface area contributed by atoms with Crippen molar-refractivity contribution in [2.24, 2.45) is 23.2 Å². The molecule has 4 saturated carbocycles. The highest BCUT2D eigenvalue weighted by Crippen LogP contribution is 2.60. The standard InChI is InChI=1S/C25H31NO3/c1-24(2)16-20-6-5-7-21(22(20)29-24)28-9-4-3-8-26-23(27)25-13-17-10-18(14-25)12-19(11-17)15-25/h5-7,17-19H,8-16H2,1-2H3,(H,26,27). The van der Waals surface area contributed by atoms with Crippen LogP contribution in [0.2, 0.25) is 0 Å². The van der Waals surface area contributed by atoms with E-state index in [1.807, 2.05) is 12.1 Å². The topological polar surface area (TPSA) is 47.6 Å². The molecule has 1 amide bonds. The molecule has 0 spiro atoms. The van der Waals surface area contributed by atoms with Crippen molar-refractivity contribution in [2.45, 2.75) is 64.4 Å². The summed E-state index contributed by atoms with van der Waals surface area (Å²) < 4.78 is 11.9. The normalized spacial score (nSPS) is 32.7. The van der Waals surface area contributed by atoms with E-state index in [-0.39, 0.29) is 16.9 Å². The summed E-state index contributed by atoms with van der Waals surface area (Å²) in [6.07, 6.45) is 8.24. The van der Waals surface area contributed by atoms with Gasteiger partial charge in [0.25, 0.3) is 0 Å². The summed E-state index contributed by atoms with van der Waals surface area (Å²) in [4.78, 5) is 12.9. The number of para-hydroxylation sites is 1. The molecule has 4 aliphatic carbocycles. The van der Waals surface area contributed by atoms with E-state index < -0.39 is 0 Å². The Bertz CT molecular complexity index is 841. The van der Waals surface area contributed by atoms with Crippen molar-refractivity contribution in [3.8, 4) is 23.3 Å². The maximum atomic E-state index is 12.9. The Morgan fingerprint density at radius 3 is 2.52 bits per heavy atom. The number of benzene rings is 1. The summed E-state index contributed by atoms with van der Waals surface area (Å²) in [5, 5.41) is 3.10. The second-order valence-electron chi connectivity index (χ2n) is 10.3. The van der Waals surface area contributed by atoms with Gasteiger partial charge in [0.15, 0.2) is 11.5 Å². The molecule has 0 atom stereocenters. The summed E-state index contributed by atoms with van der Waals surface area (Å²) in [6, 6.07) is 6.01. The van der Waals surface area contributed by atoms with Gasteiger partial charge in [-0.2, -0.15) is 0 Å². The summed E-state index contributed by atoms with van der Waals surface area (Å²) in [5.74, 6) is 10.3. The number of ether oxygens (including phenoxy) is 2. The molecule has 0 saturated heterocycles. The number of nitrogens with one attached hydrogen (secondary N) is 1. The van der Waals surface area contributed by atoms with Crippen molar-refractivity contribution >= 4 is 5.91 Å². The highest BCUT2D eigenvalue weighted by molar-refractivity contribution is 5.83. The van der Waals surface area contributed by atoms with Gasteiger partial charge < -0.3 is 14.8 Å². The van der Waals surface area contributed by atoms with E-state index in [1.165, 1.54) is 24.8 Å². The third-order valence-electron chi connectivity index (χ3n) is 7.34. The zero-order valence-corrected chi connectivity index (χ0v) is 17.6. The average Bonchev–Trinajstić information content (AvgIpc) is 2.97. The summed E-state index contributed by atoms with van der Waals surface area (Å²) >= 11 is 0. The molecule has 0 aromatic heterocycles. The number of carbonyl (C=O) groups is 1.